The molecule has 0 aliphatic heterocycles. The van der Waals surface area contributed by atoms with Crippen LogP contribution in [0.25, 0.3) is 10.9 Å². The Balaban J connectivity index is 2.67. The number of rotatable bonds is 4. The van der Waals surface area contributed by atoms with Crippen molar-refractivity contribution in [3.05, 3.63) is 35.4 Å². The third-order valence-electron chi connectivity index (χ3n) is 3.30. The number of benzene rings is 1. The van der Waals surface area contributed by atoms with Crippen LogP contribution in [0.2, 0.25) is 0 Å². The highest BCUT2D eigenvalue weighted by atomic mass is 15.0. The molecule has 96 valence electrons. The van der Waals surface area contributed by atoms with Crippen molar-refractivity contribution >= 4 is 16.7 Å². The Morgan fingerprint density at radius 1 is 1.22 bits per heavy atom. The maximum Gasteiger partial charge on any atom is 0.129 e. The molecule has 0 saturated carbocycles. The standard InChI is InChI=1S/C16H22N2/c1-5-12-10-13-8-7-9-14(11(3)4)15(13)18-16(12)17-6-2/h7-11H,5-6H2,1-4H3,(H,17,18). The lowest BCUT2D eigenvalue weighted by Crippen LogP contribution is -2.04. The molecule has 1 aromatic heterocycles. The molecule has 0 aliphatic rings. The summed E-state index contributed by atoms with van der Waals surface area (Å²) in [6.45, 7) is 9.64. The smallest absolute Gasteiger partial charge is 0.129 e. The van der Waals surface area contributed by atoms with Gasteiger partial charge >= 0.3 is 0 Å². The van der Waals surface area contributed by atoms with Crippen molar-refractivity contribution in [2.24, 2.45) is 0 Å². The van der Waals surface area contributed by atoms with Crippen molar-refractivity contribution in [2.45, 2.75) is 40.0 Å². The summed E-state index contributed by atoms with van der Waals surface area (Å²) < 4.78 is 0. The molecule has 0 saturated heterocycles. The van der Waals surface area contributed by atoms with Gasteiger partial charge in [0.05, 0.1) is 5.52 Å². The van der Waals surface area contributed by atoms with Gasteiger partial charge in [-0.25, -0.2) is 4.98 Å². The number of hydrogen-bond acceptors (Lipinski definition) is 2. The highest BCUT2D eigenvalue weighted by Crippen LogP contribution is 2.27. The molecule has 0 bridgehead atoms. The van der Waals surface area contributed by atoms with Crippen LogP contribution in [-0.4, -0.2) is 11.5 Å². The molecule has 2 aromatic rings. The van der Waals surface area contributed by atoms with Crippen LogP contribution in [0, 0.1) is 0 Å². The summed E-state index contributed by atoms with van der Waals surface area (Å²) in [6.07, 6.45) is 1.01. The fourth-order valence-corrected chi connectivity index (χ4v) is 2.32. The highest BCUT2D eigenvalue weighted by Gasteiger charge is 2.10. The SMILES string of the molecule is CCNc1nc2c(C(C)C)cccc2cc1CC. The van der Waals surface area contributed by atoms with Gasteiger partial charge in [-0.15, -0.1) is 0 Å². The fourth-order valence-electron chi connectivity index (χ4n) is 2.32. The van der Waals surface area contributed by atoms with Crippen LogP contribution in [0.15, 0.2) is 24.3 Å². The number of nitrogens with one attached hydrogen (secondary N) is 1. The Labute approximate surface area is 109 Å². The van der Waals surface area contributed by atoms with E-state index in [1.807, 2.05) is 0 Å². The molecule has 0 spiro atoms. The summed E-state index contributed by atoms with van der Waals surface area (Å²) in [4.78, 5) is 4.85. The minimum atomic E-state index is 0.503. The van der Waals surface area contributed by atoms with Crippen molar-refractivity contribution in [3.63, 3.8) is 0 Å². The molecular formula is C16H22N2. The van der Waals surface area contributed by atoms with Crippen molar-refractivity contribution in [1.29, 1.82) is 0 Å². The Morgan fingerprint density at radius 2 is 2.00 bits per heavy atom. The highest BCUT2D eigenvalue weighted by molar-refractivity contribution is 5.85. The molecular weight excluding hydrogens is 220 g/mol. The van der Waals surface area contributed by atoms with Gasteiger partial charge in [0, 0.05) is 11.9 Å². The predicted octanol–water partition coefficient (Wildman–Crippen LogP) is 4.35. The van der Waals surface area contributed by atoms with Crippen LogP contribution in [-0.2, 0) is 6.42 Å². The number of fused-ring (bicyclic) bond motifs is 1. The number of hydrogen-bond donors (Lipinski definition) is 1. The van der Waals surface area contributed by atoms with E-state index in [2.05, 4.69) is 57.3 Å². The number of aromatic nitrogens is 1. The first kappa shape index (κ1) is 12.9. The lowest BCUT2D eigenvalue weighted by Gasteiger charge is -2.14. The van der Waals surface area contributed by atoms with Crippen molar-refractivity contribution < 1.29 is 0 Å². The van der Waals surface area contributed by atoms with E-state index in [9.17, 15) is 0 Å². The van der Waals surface area contributed by atoms with E-state index in [0.717, 1.165) is 24.3 Å². The Kier molecular flexibility index (Phi) is 3.85. The Bertz CT molecular complexity index is 544. The summed E-state index contributed by atoms with van der Waals surface area (Å²) in [7, 11) is 0. The van der Waals surface area contributed by atoms with Crippen LogP contribution in [0.4, 0.5) is 5.82 Å². The molecule has 0 unspecified atom stereocenters. The van der Waals surface area contributed by atoms with Crippen LogP contribution < -0.4 is 5.32 Å². The van der Waals surface area contributed by atoms with Gasteiger partial charge in [-0.1, -0.05) is 39.0 Å². The lowest BCUT2D eigenvalue weighted by atomic mass is 9.98. The average molecular weight is 242 g/mol. The second-order valence-corrected chi connectivity index (χ2v) is 4.95. The maximum atomic E-state index is 4.85. The van der Waals surface area contributed by atoms with Gasteiger partial charge < -0.3 is 5.32 Å². The molecule has 2 rings (SSSR count). The van der Waals surface area contributed by atoms with Crippen LogP contribution in [0.5, 0.6) is 0 Å². The minimum Gasteiger partial charge on any atom is -0.370 e. The first-order valence-electron chi connectivity index (χ1n) is 6.83. The van der Waals surface area contributed by atoms with Gasteiger partial charge in [0.1, 0.15) is 5.82 Å². The zero-order chi connectivity index (χ0) is 13.1. The maximum absolute atomic E-state index is 4.85. The molecule has 0 aliphatic carbocycles. The number of anilines is 1. The molecule has 18 heavy (non-hydrogen) atoms. The largest absolute Gasteiger partial charge is 0.370 e. The van der Waals surface area contributed by atoms with Crippen LogP contribution in [0.3, 0.4) is 0 Å². The zero-order valence-corrected chi connectivity index (χ0v) is 11.7. The number of aryl methyl sites for hydroxylation is 1. The first-order valence-corrected chi connectivity index (χ1v) is 6.83. The van der Waals surface area contributed by atoms with Crippen molar-refractivity contribution in [3.8, 4) is 0 Å². The lowest BCUT2D eigenvalue weighted by molar-refractivity contribution is 0.872. The van der Waals surface area contributed by atoms with Crippen LogP contribution in [0.1, 0.15) is 44.7 Å². The Morgan fingerprint density at radius 3 is 2.61 bits per heavy atom. The second-order valence-electron chi connectivity index (χ2n) is 4.95. The molecule has 0 atom stereocenters. The van der Waals surface area contributed by atoms with E-state index in [4.69, 9.17) is 4.98 Å². The first-order chi connectivity index (χ1) is 8.67. The molecule has 1 aromatic carbocycles. The third-order valence-corrected chi connectivity index (χ3v) is 3.30. The Hall–Kier alpha value is -1.57. The summed E-state index contributed by atoms with van der Waals surface area (Å²) in [5.74, 6) is 1.55. The zero-order valence-electron chi connectivity index (χ0n) is 11.7. The van der Waals surface area contributed by atoms with E-state index in [1.165, 1.54) is 16.5 Å². The molecule has 1 N–H and O–H groups in total. The second kappa shape index (κ2) is 5.38. The van der Waals surface area contributed by atoms with E-state index >= 15 is 0 Å². The predicted molar refractivity (Wildman–Crippen MR) is 79.4 cm³/mol. The van der Waals surface area contributed by atoms with E-state index < -0.39 is 0 Å². The van der Waals surface area contributed by atoms with Crippen LogP contribution >= 0.6 is 0 Å². The molecule has 2 nitrogen and oxygen atoms in total. The van der Waals surface area contributed by atoms with Gasteiger partial charge in [0.25, 0.3) is 0 Å². The molecule has 2 heteroatoms. The normalized spacial score (nSPS) is 11.2. The summed E-state index contributed by atoms with van der Waals surface area (Å²) in [6, 6.07) is 8.74. The molecule has 0 amide bonds. The molecule has 0 fully saturated rings. The average Bonchev–Trinajstić information content (AvgIpc) is 2.37. The van der Waals surface area contributed by atoms with Crippen molar-refractivity contribution in [1.82, 2.24) is 4.98 Å². The van der Waals surface area contributed by atoms with Gasteiger partial charge in [-0.3, -0.25) is 0 Å². The van der Waals surface area contributed by atoms with E-state index in [0.29, 0.717) is 5.92 Å². The topological polar surface area (TPSA) is 24.9 Å². The fraction of sp³-hybridized carbons (Fsp3) is 0.438. The van der Waals surface area contributed by atoms with Gasteiger partial charge in [0.2, 0.25) is 0 Å². The third kappa shape index (κ3) is 2.33. The van der Waals surface area contributed by atoms with Gasteiger partial charge in [0.15, 0.2) is 0 Å². The summed E-state index contributed by atoms with van der Waals surface area (Å²) >= 11 is 0. The minimum absolute atomic E-state index is 0.503. The van der Waals surface area contributed by atoms with Gasteiger partial charge in [-0.05, 0) is 36.5 Å². The van der Waals surface area contributed by atoms with Gasteiger partial charge in [-0.2, -0.15) is 0 Å². The molecule has 1 heterocycles. The van der Waals surface area contributed by atoms with E-state index in [1.54, 1.807) is 0 Å². The monoisotopic (exact) mass is 242 g/mol. The van der Waals surface area contributed by atoms with E-state index in [-0.39, 0.29) is 0 Å². The number of pyridine rings is 1. The van der Waals surface area contributed by atoms with Crippen molar-refractivity contribution in [2.75, 3.05) is 11.9 Å². The summed E-state index contributed by atoms with van der Waals surface area (Å²) in [5, 5.41) is 4.62. The number of nitrogens with zero attached hydrogens (tertiary/aromatic N) is 1. The quantitative estimate of drug-likeness (QED) is 0.862. The molecule has 0 radical (unpaired) electrons. The number of para-hydroxylation sites is 1. The summed E-state index contributed by atoms with van der Waals surface area (Å²) in [5.41, 5.74) is 3.76.